The number of benzene rings is 2. The Morgan fingerprint density at radius 1 is 1.03 bits per heavy atom. The molecule has 0 spiro atoms. The SMILES string of the molecule is COCC(C=O)(Cc1ccc(OC)c(OCc2ccccc2)c1)NC(=O)C(CO)NC(=O)OC(C)(C)C. The zero-order valence-corrected chi connectivity index (χ0v) is 21.9. The zero-order valence-electron chi connectivity index (χ0n) is 21.9. The van der Waals surface area contributed by atoms with Gasteiger partial charge in [-0.05, 0) is 44.0 Å². The van der Waals surface area contributed by atoms with Crippen LogP contribution in [0.5, 0.6) is 11.5 Å². The van der Waals surface area contributed by atoms with Gasteiger partial charge in [-0.1, -0.05) is 36.4 Å². The van der Waals surface area contributed by atoms with E-state index < -0.39 is 35.8 Å². The highest BCUT2D eigenvalue weighted by Crippen LogP contribution is 2.30. The minimum absolute atomic E-state index is 0.0480. The van der Waals surface area contributed by atoms with E-state index >= 15 is 0 Å². The Labute approximate surface area is 217 Å². The molecule has 2 aromatic rings. The van der Waals surface area contributed by atoms with Crippen molar-refractivity contribution in [2.45, 2.75) is 51.0 Å². The Bertz CT molecular complexity index is 1040. The molecule has 10 nitrogen and oxygen atoms in total. The Kier molecular flexibility index (Phi) is 10.9. The summed E-state index contributed by atoms with van der Waals surface area (Å²) in [4.78, 5) is 37.3. The molecule has 202 valence electrons. The normalized spacial score (nSPS) is 13.6. The number of carbonyl (C=O) groups is 3. The lowest BCUT2D eigenvalue weighted by molar-refractivity contribution is -0.130. The van der Waals surface area contributed by atoms with Gasteiger partial charge < -0.3 is 39.5 Å². The third kappa shape index (κ3) is 9.40. The second kappa shape index (κ2) is 13.6. The van der Waals surface area contributed by atoms with E-state index in [1.165, 1.54) is 14.2 Å². The summed E-state index contributed by atoms with van der Waals surface area (Å²) in [6.07, 6.45) is -0.252. The molecule has 2 amide bonds. The van der Waals surface area contributed by atoms with Gasteiger partial charge >= 0.3 is 6.09 Å². The maximum Gasteiger partial charge on any atom is 0.408 e. The molecule has 0 aliphatic carbocycles. The molecule has 0 aromatic heterocycles. The molecule has 2 aromatic carbocycles. The summed E-state index contributed by atoms with van der Waals surface area (Å²) < 4.78 is 21.7. The number of alkyl carbamates (subject to hydrolysis) is 1. The first kappa shape index (κ1) is 29.6. The average Bonchev–Trinajstić information content (AvgIpc) is 2.85. The van der Waals surface area contributed by atoms with E-state index in [2.05, 4.69) is 10.6 Å². The minimum atomic E-state index is -1.49. The van der Waals surface area contributed by atoms with Gasteiger partial charge in [0, 0.05) is 13.5 Å². The van der Waals surface area contributed by atoms with Crippen LogP contribution in [-0.2, 0) is 32.1 Å². The van der Waals surface area contributed by atoms with Gasteiger partial charge in [0.25, 0.3) is 0 Å². The number of amides is 2. The van der Waals surface area contributed by atoms with E-state index in [1.807, 2.05) is 30.3 Å². The highest BCUT2D eigenvalue weighted by atomic mass is 16.6. The van der Waals surface area contributed by atoms with Gasteiger partial charge in [0.15, 0.2) is 11.5 Å². The lowest BCUT2D eigenvalue weighted by atomic mass is 9.92. The molecule has 0 bridgehead atoms. The molecule has 2 unspecified atom stereocenters. The third-order valence-electron chi connectivity index (χ3n) is 5.17. The van der Waals surface area contributed by atoms with Crippen molar-refractivity contribution in [3.05, 3.63) is 59.7 Å². The number of nitrogens with one attached hydrogen (secondary N) is 2. The summed E-state index contributed by atoms with van der Waals surface area (Å²) in [6.45, 7) is 4.46. The highest BCUT2D eigenvalue weighted by molar-refractivity contribution is 5.89. The maximum absolute atomic E-state index is 12.9. The van der Waals surface area contributed by atoms with Crippen LogP contribution in [0.2, 0.25) is 0 Å². The van der Waals surface area contributed by atoms with Gasteiger partial charge in [-0.25, -0.2) is 4.79 Å². The smallest absolute Gasteiger partial charge is 0.408 e. The molecule has 10 heteroatoms. The molecule has 0 saturated heterocycles. The predicted octanol–water partition coefficient (Wildman–Crippen LogP) is 2.40. The number of methoxy groups -OCH3 is 2. The first-order chi connectivity index (χ1) is 17.5. The first-order valence-corrected chi connectivity index (χ1v) is 11.8. The Morgan fingerprint density at radius 3 is 2.30 bits per heavy atom. The van der Waals surface area contributed by atoms with E-state index in [4.69, 9.17) is 18.9 Å². The summed E-state index contributed by atoms with van der Waals surface area (Å²) in [5.41, 5.74) is -0.650. The Morgan fingerprint density at radius 2 is 1.73 bits per heavy atom. The van der Waals surface area contributed by atoms with Gasteiger partial charge in [0.05, 0.1) is 20.3 Å². The van der Waals surface area contributed by atoms with E-state index in [-0.39, 0.29) is 13.0 Å². The molecule has 0 heterocycles. The van der Waals surface area contributed by atoms with Crippen LogP contribution in [0.25, 0.3) is 0 Å². The van der Waals surface area contributed by atoms with Crippen molar-refractivity contribution in [2.75, 3.05) is 27.4 Å². The molecule has 0 aliphatic rings. The van der Waals surface area contributed by atoms with Crippen molar-refractivity contribution in [1.82, 2.24) is 10.6 Å². The van der Waals surface area contributed by atoms with Gasteiger partial charge in [0.2, 0.25) is 5.91 Å². The van der Waals surface area contributed by atoms with Crippen molar-refractivity contribution < 1.29 is 38.4 Å². The molecule has 37 heavy (non-hydrogen) atoms. The fraction of sp³-hybridized carbons (Fsp3) is 0.444. The summed E-state index contributed by atoms with van der Waals surface area (Å²) >= 11 is 0. The number of rotatable bonds is 13. The van der Waals surface area contributed by atoms with Crippen molar-refractivity contribution >= 4 is 18.3 Å². The summed E-state index contributed by atoms with van der Waals surface area (Å²) in [7, 11) is 2.92. The van der Waals surface area contributed by atoms with Crippen LogP contribution in [0.3, 0.4) is 0 Å². The van der Waals surface area contributed by atoms with E-state index in [1.54, 1.807) is 39.0 Å². The molecular weight excluding hydrogens is 480 g/mol. The molecule has 0 radical (unpaired) electrons. The lowest BCUT2D eigenvalue weighted by Gasteiger charge is -2.31. The number of ether oxygens (including phenoxy) is 4. The maximum atomic E-state index is 12.9. The van der Waals surface area contributed by atoms with Crippen LogP contribution < -0.4 is 20.1 Å². The predicted molar refractivity (Wildman–Crippen MR) is 137 cm³/mol. The fourth-order valence-electron chi connectivity index (χ4n) is 3.51. The molecular formula is C27H36N2O8. The standard InChI is InChI=1S/C27H36N2O8/c1-26(2,3)37-25(33)28-21(15-30)24(32)29-27(17-31,18-34-4)14-20-11-12-22(35-5)23(13-20)36-16-19-9-7-6-8-10-19/h6-13,17,21,30H,14-16,18H2,1-5H3,(H,28,33)(H,29,32). The van der Waals surface area contributed by atoms with Crippen LogP contribution in [-0.4, -0.2) is 68.0 Å². The Balaban J connectivity index is 2.22. The highest BCUT2D eigenvalue weighted by Gasteiger charge is 2.35. The second-order valence-corrected chi connectivity index (χ2v) is 9.51. The molecule has 2 atom stereocenters. The zero-order chi connectivity index (χ0) is 27.5. The summed E-state index contributed by atoms with van der Waals surface area (Å²) in [5.74, 6) is 0.202. The van der Waals surface area contributed by atoms with Crippen molar-refractivity contribution in [3.8, 4) is 11.5 Å². The van der Waals surface area contributed by atoms with Gasteiger partial charge in [-0.15, -0.1) is 0 Å². The van der Waals surface area contributed by atoms with Gasteiger partial charge in [-0.3, -0.25) is 4.79 Å². The van der Waals surface area contributed by atoms with Crippen LogP contribution in [0.15, 0.2) is 48.5 Å². The minimum Gasteiger partial charge on any atom is -0.493 e. The average molecular weight is 517 g/mol. The van der Waals surface area contributed by atoms with E-state index in [9.17, 15) is 19.5 Å². The number of hydrogen-bond donors (Lipinski definition) is 3. The molecule has 3 N–H and O–H groups in total. The van der Waals surface area contributed by atoms with Crippen LogP contribution in [0.1, 0.15) is 31.9 Å². The molecule has 0 fully saturated rings. The molecule has 2 rings (SSSR count). The second-order valence-electron chi connectivity index (χ2n) is 9.51. The van der Waals surface area contributed by atoms with E-state index in [0.717, 1.165) is 5.56 Å². The fourth-order valence-corrected chi connectivity index (χ4v) is 3.51. The third-order valence-corrected chi connectivity index (χ3v) is 5.17. The van der Waals surface area contributed by atoms with Crippen LogP contribution >= 0.6 is 0 Å². The molecule has 0 saturated carbocycles. The van der Waals surface area contributed by atoms with Crippen molar-refractivity contribution in [3.63, 3.8) is 0 Å². The summed E-state index contributed by atoms with van der Waals surface area (Å²) in [5, 5.41) is 14.6. The number of carbonyl (C=O) groups excluding carboxylic acids is 3. The number of aliphatic hydroxyl groups excluding tert-OH is 1. The van der Waals surface area contributed by atoms with E-state index in [0.29, 0.717) is 30.0 Å². The quantitative estimate of drug-likeness (QED) is 0.346. The summed E-state index contributed by atoms with van der Waals surface area (Å²) in [6, 6.07) is 13.5. The number of aldehydes is 1. The largest absolute Gasteiger partial charge is 0.493 e. The van der Waals surface area contributed by atoms with Gasteiger partial charge in [-0.2, -0.15) is 0 Å². The van der Waals surface area contributed by atoms with Crippen LogP contribution in [0.4, 0.5) is 4.79 Å². The molecule has 0 aliphatic heterocycles. The Hall–Kier alpha value is -3.63. The van der Waals surface area contributed by atoms with Crippen molar-refractivity contribution in [1.29, 1.82) is 0 Å². The lowest BCUT2D eigenvalue weighted by Crippen LogP contribution is -2.60. The van der Waals surface area contributed by atoms with Crippen LogP contribution in [0, 0.1) is 0 Å². The monoisotopic (exact) mass is 516 g/mol. The topological polar surface area (TPSA) is 132 Å². The first-order valence-electron chi connectivity index (χ1n) is 11.8. The number of aliphatic hydroxyl groups is 1. The van der Waals surface area contributed by atoms with Gasteiger partial charge in [0.1, 0.15) is 30.1 Å². The number of hydrogen-bond acceptors (Lipinski definition) is 8. The van der Waals surface area contributed by atoms with Crippen molar-refractivity contribution in [2.24, 2.45) is 0 Å².